The molecule has 3 heterocycles. The van der Waals surface area contributed by atoms with E-state index in [2.05, 4.69) is 32.8 Å². The number of piperazine rings is 1. The minimum absolute atomic E-state index is 1.01. The zero-order valence-electron chi connectivity index (χ0n) is 11.0. The third kappa shape index (κ3) is 1.84. The molecule has 0 saturated carbocycles. The summed E-state index contributed by atoms with van der Waals surface area (Å²) in [4.78, 5) is 13.7. The first kappa shape index (κ1) is 11.5. The molecule has 18 heavy (non-hydrogen) atoms. The lowest BCUT2D eigenvalue weighted by Crippen LogP contribution is -2.46. The molecule has 5 nitrogen and oxygen atoms in total. The van der Waals surface area contributed by atoms with E-state index in [0.29, 0.717) is 0 Å². The maximum Gasteiger partial charge on any atom is 0.145 e. The molecule has 0 amide bonds. The second-order valence-electron chi connectivity index (χ2n) is 4.78. The van der Waals surface area contributed by atoms with Crippen LogP contribution in [0.3, 0.4) is 0 Å². The van der Waals surface area contributed by atoms with Gasteiger partial charge in [-0.05, 0) is 12.6 Å². The summed E-state index contributed by atoms with van der Waals surface area (Å²) >= 11 is 0. The number of rotatable bonds is 2. The molecule has 0 bridgehead atoms. The number of hydrogen-bond donors (Lipinski definition) is 0. The maximum absolute atomic E-state index is 4.48. The standard InChI is InChI=1S/C13H19N5/c1-3-17-6-8-18(9-7-17)13-11-4-5-16(2)12(11)14-10-15-13/h4-5,10H,3,6-9H2,1-2H3. The monoisotopic (exact) mass is 245 g/mol. The van der Waals surface area contributed by atoms with Crippen LogP contribution in [0.15, 0.2) is 18.6 Å². The van der Waals surface area contributed by atoms with Crippen molar-refractivity contribution in [1.29, 1.82) is 0 Å². The Morgan fingerprint density at radius 1 is 1.17 bits per heavy atom. The highest BCUT2D eigenvalue weighted by Crippen LogP contribution is 2.24. The van der Waals surface area contributed by atoms with Crippen molar-refractivity contribution in [2.45, 2.75) is 6.92 Å². The van der Waals surface area contributed by atoms with Crippen LogP contribution in [0.25, 0.3) is 11.0 Å². The van der Waals surface area contributed by atoms with Crippen molar-refractivity contribution in [1.82, 2.24) is 19.4 Å². The number of aryl methyl sites for hydroxylation is 1. The van der Waals surface area contributed by atoms with Gasteiger partial charge < -0.3 is 14.4 Å². The summed E-state index contributed by atoms with van der Waals surface area (Å²) in [5.41, 5.74) is 1.01. The van der Waals surface area contributed by atoms with E-state index in [4.69, 9.17) is 0 Å². The van der Waals surface area contributed by atoms with Crippen molar-refractivity contribution in [2.75, 3.05) is 37.6 Å². The zero-order valence-corrected chi connectivity index (χ0v) is 11.0. The van der Waals surface area contributed by atoms with Crippen LogP contribution in [0.4, 0.5) is 5.82 Å². The fourth-order valence-corrected chi connectivity index (χ4v) is 2.59. The Morgan fingerprint density at radius 2 is 1.94 bits per heavy atom. The SMILES string of the molecule is CCN1CCN(c2ncnc3c2ccn3C)CC1. The van der Waals surface area contributed by atoms with Gasteiger partial charge in [0.25, 0.3) is 0 Å². The molecular formula is C13H19N5. The molecule has 0 aliphatic carbocycles. The lowest BCUT2D eigenvalue weighted by Gasteiger charge is -2.34. The summed E-state index contributed by atoms with van der Waals surface area (Å²) in [6, 6.07) is 2.11. The smallest absolute Gasteiger partial charge is 0.145 e. The minimum atomic E-state index is 1.01. The number of hydrogen-bond acceptors (Lipinski definition) is 4. The largest absolute Gasteiger partial charge is 0.353 e. The average Bonchev–Trinajstić information content (AvgIpc) is 2.81. The first-order valence-electron chi connectivity index (χ1n) is 6.53. The van der Waals surface area contributed by atoms with E-state index < -0.39 is 0 Å². The van der Waals surface area contributed by atoms with Crippen LogP contribution in [-0.4, -0.2) is 52.2 Å². The normalized spacial score (nSPS) is 17.6. The molecule has 96 valence electrons. The third-order valence-electron chi connectivity index (χ3n) is 3.76. The number of fused-ring (bicyclic) bond motifs is 1. The van der Waals surface area contributed by atoms with Crippen molar-refractivity contribution >= 4 is 16.9 Å². The van der Waals surface area contributed by atoms with Gasteiger partial charge in [0.1, 0.15) is 17.8 Å². The Kier molecular flexibility index (Phi) is 2.91. The van der Waals surface area contributed by atoms with Crippen LogP contribution < -0.4 is 4.90 Å². The van der Waals surface area contributed by atoms with E-state index in [-0.39, 0.29) is 0 Å². The van der Waals surface area contributed by atoms with E-state index in [9.17, 15) is 0 Å². The van der Waals surface area contributed by atoms with Crippen molar-refractivity contribution in [3.8, 4) is 0 Å². The molecule has 3 rings (SSSR count). The van der Waals surface area contributed by atoms with Crippen molar-refractivity contribution in [3.05, 3.63) is 18.6 Å². The first-order chi connectivity index (χ1) is 8.79. The summed E-state index contributed by atoms with van der Waals surface area (Å²) in [6.07, 6.45) is 3.72. The van der Waals surface area contributed by atoms with E-state index in [1.165, 1.54) is 0 Å². The van der Waals surface area contributed by atoms with Crippen LogP contribution in [0.5, 0.6) is 0 Å². The molecule has 5 heteroatoms. The predicted molar refractivity (Wildman–Crippen MR) is 72.8 cm³/mol. The van der Waals surface area contributed by atoms with Gasteiger partial charge in [-0.25, -0.2) is 9.97 Å². The maximum atomic E-state index is 4.48. The molecule has 1 aliphatic rings. The quantitative estimate of drug-likeness (QED) is 0.794. The molecule has 1 saturated heterocycles. The Morgan fingerprint density at radius 3 is 2.67 bits per heavy atom. The van der Waals surface area contributed by atoms with E-state index in [0.717, 1.165) is 49.6 Å². The van der Waals surface area contributed by atoms with Crippen LogP contribution >= 0.6 is 0 Å². The van der Waals surface area contributed by atoms with Crippen LogP contribution in [0, 0.1) is 0 Å². The number of nitrogens with zero attached hydrogens (tertiary/aromatic N) is 5. The van der Waals surface area contributed by atoms with E-state index in [1.54, 1.807) is 6.33 Å². The molecule has 0 spiro atoms. The highest BCUT2D eigenvalue weighted by Gasteiger charge is 2.19. The van der Waals surface area contributed by atoms with Crippen molar-refractivity contribution in [2.24, 2.45) is 7.05 Å². The second kappa shape index (κ2) is 4.57. The molecule has 1 fully saturated rings. The van der Waals surface area contributed by atoms with Gasteiger partial charge >= 0.3 is 0 Å². The Labute approximate surface area is 107 Å². The highest BCUT2D eigenvalue weighted by atomic mass is 15.3. The Balaban J connectivity index is 1.91. The molecule has 0 atom stereocenters. The fourth-order valence-electron chi connectivity index (χ4n) is 2.59. The van der Waals surface area contributed by atoms with Crippen LogP contribution in [0.2, 0.25) is 0 Å². The number of aromatic nitrogens is 3. The zero-order chi connectivity index (χ0) is 12.5. The van der Waals surface area contributed by atoms with Gasteiger partial charge in [0.05, 0.1) is 5.39 Å². The van der Waals surface area contributed by atoms with Crippen LogP contribution in [0.1, 0.15) is 6.92 Å². The summed E-state index contributed by atoms with van der Waals surface area (Å²) in [6.45, 7) is 7.70. The molecule has 2 aromatic heterocycles. The summed E-state index contributed by atoms with van der Waals surface area (Å²) in [5, 5.41) is 1.16. The lowest BCUT2D eigenvalue weighted by molar-refractivity contribution is 0.271. The molecule has 0 radical (unpaired) electrons. The molecule has 2 aromatic rings. The first-order valence-corrected chi connectivity index (χ1v) is 6.53. The highest BCUT2D eigenvalue weighted by molar-refractivity contribution is 5.87. The summed E-state index contributed by atoms with van der Waals surface area (Å²) in [7, 11) is 2.02. The summed E-state index contributed by atoms with van der Waals surface area (Å²) < 4.78 is 2.04. The van der Waals surface area contributed by atoms with Gasteiger partial charge in [-0.1, -0.05) is 6.92 Å². The fraction of sp³-hybridized carbons (Fsp3) is 0.538. The third-order valence-corrected chi connectivity index (χ3v) is 3.76. The molecule has 1 aliphatic heterocycles. The molecule has 0 N–H and O–H groups in total. The van der Waals surface area contributed by atoms with Crippen molar-refractivity contribution < 1.29 is 0 Å². The van der Waals surface area contributed by atoms with E-state index >= 15 is 0 Å². The van der Waals surface area contributed by atoms with E-state index in [1.807, 2.05) is 17.8 Å². The lowest BCUT2D eigenvalue weighted by atomic mass is 10.3. The molecular weight excluding hydrogens is 226 g/mol. The average molecular weight is 245 g/mol. The van der Waals surface area contributed by atoms with Gasteiger partial charge in [-0.2, -0.15) is 0 Å². The van der Waals surface area contributed by atoms with Gasteiger partial charge in [0.2, 0.25) is 0 Å². The predicted octanol–water partition coefficient (Wildman–Crippen LogP) is 1.11. The minimum Gasteiger partial charge on any atom is -0.353 e. The number of likely N-dealkylation sites (N-methyl/N-ethyl adjacent to an activating group) is 1. The van der Waals surface area contributed by atoms with Gasteiger partial charge in [0.15, 0.2) is 0 Å². The van der Waals surface area contributed by atoms with Gasteiger partial charge in [0, 0.05) is 39.4 Å². The number of anilines is 1. The topological polar surface area (TPSA) is 37.2 Å². The Bertz CT molecular complexity index is 539. The van der Waals surface area contributed by atoms with Gasteiger partial charge in [-0.15, -0.1) is 0 Å². The molecule has 0 unspecified atom stereocenters. The molecule has 0 aromatic carbocycles. The summed E-state index contributed by atoms with van der Waals surface area (Å²) in [5.74, 6) is 1.08. The second-order valence-corrected chi connectivity index (χ2v) is 4.78. The van der Waals surface area contributed by atoms with Crippen LogP contribution in [-0.2, 0) is 7.05 Å². The van der Waals surface area contributed by atoms with Gasteiger partial charge in [-0.3, -0.25) is 0 Å². The Hall–Kier alpha value is -1.62. The van der Waals surface area contributed by atoms with Crippen molar-refractivity contribution in [3.63, 3.8) is 0 Å².